The van der Waals surface area contributed by atoms with Crippen LogP contribution in [0.2, 0.25) is 0 Å². The van der Waals surface area contributed by atoms with Crippen molar-refractivity contribution >= 4 is 17.5 Å². The van der Waals surface area contributed by atoms with Crippen LogP contribution in [0.4, 0.5) is 0 Å². The summed E-state index contributed by atoms with van der Waals surface area (Å²) in [6.45, 7) is 7.10. The van der Waals surface area contributed by atoms with Crippen molar-refractivity contribution in [3.8, 4) is 50.6 Å². The van der Waals surface area contributed by atoms with Crippen LogP contribution in [0.1, 0.15) is 42.2 Å². The Morgan fingerprint density at radius 3 is 1.43 bits per heavy atom. The van der Waals surface area contributed by atoms with Crippen molar-refractivity contribution in [2.75, 3.05) is 6.79 Å². The number of carbonyl (C=O) groups is 3. The fourth-order valence-electron chi connectivity index (χ4n) is 6.08. The average Bonchev–Trinajstić information content (AvgIpc) is 3.55. The Kier molecular flexibility index (Phi) is 9.22. The zero-order valence-corrected chi connectivity index (χ0v) is 27.6. The van der Waals surface area contributed by atoms with E-state index in [1.54, 1.807) is 42.5 Å². The normalized spacial score (nSPS) is 11.1. The van der Waals surface area contributed by atoms with Crippen LogP contribution < -0.4 is 14.2 Å². The molecular formula is C45H32O6. The second-order valence-corrected chi connectivity index (χ2v) is 12.0. The van der Waals surface area contributed by atoms with E-state index in [1.807, 2.05) is 91.0 Å². The highest BCUT2D eigenvalue weighted by molar-refractivity contribution is 6.05. The van der Waals surface area contributed by atoms with Gasteiger partial charge in [0.15, 0.2) is 11.6 Å². The Morgan fingerprint density at radius 1 is 0.490 bits per heavy atom. The van der Waals surface area contributed by atoms with Gasteiger partial charge in [-0.25, -0.2) is 4.79 Å². The Balaban J connectivity index is 0.929. The Hall–Kier alpha value is -6.79. The molecule has 1 aliphatic rings. The van der Waals surface area contributed by atoms with Gasteiger partial charge in [0.2, 0.25) is 6.79 Å². The van der Waals surface area contributed by atoms with Gasteiger partial charge in [0.25, 0.3) is 0 Å². The molecule has 248 valence electrons. The Bertz CT molecular complexity index is 2280. The van der Waals surface area contributed by atoms with E-state index in [-0.39, 0.29) is 18.4 Å². The molecule has 0 amide bonds. The van der Waals surface area contributed by atoms with Crippen molar-refractivity contribution in [3.05, 3.63) is 187 Å². The first-order chi connectivity index (χ1) is 24.9. The molecule has 0 aliphatic heterocycles. The van der Waals surface area contributed by atoms with Crippen LogP contribution in [0.5, 0.6) is 17.2 Å². The Morgan fingerprint density at radius 2 is 0.902 bits per heavy atom. The first-order valence-electron chi connectivity index (χ1n) is 16.4. The van der Waals surface area contributed by atoms with E-state index in [9.17, 15) is 14.4 Å². The molecule has 0 aromatic heterocycles. The number of hydrogen-bond acceptors (Lipinski definition) is 6. The maximum Gasteiger partial charge on any atom is 0.343 e. The molecule has 6 aromatic rings. The van der Waals surface area contributed by atoms with Crippen LogP contribution in [0.3, 0.4) is 0 Å². The third kappa shape index (κ3) is 7.16. The molecule has 0 bridgehead atoms. The van der Waals surface area contributed by atoms with Crippen molar-refractivity contribution in [3.63, 3.8) is 0 Å². The SMILES string of the molecule is C=CC(=O)c1ccc(-c2ccc(OCOc3ccc4c(c3)Cc3cc(C(=O)Oc5ccc(-c6ccc(C(=O)C=C)cc6)cc5)ccc3-4)cc2)cc1. The van der Waals surface area contributed by atoms with Crippen molar-refractivity contribution in [1.29, 1.82) is 0 Å². The van der Waals surface area contributed by atoms with E-state index in [0.717, 1.165) is 44.5 Å². The van der Waals surface area contributed by atoms with Crippen LogP contribution in [0, 0.1) is 0 Å². The summed E-state index contributed by atoms with van der Waals surface area (Å²) in [5.74, 6) is 1.16. The second kappa shape index (κ2) is 14.4. The average molecular weight is 669 g/mol. The summed E-state index contributed by atoms with van der Waals surface area (Å²) < 4.78 is 17.5. The highest BCUT2D eigenvalue weighted by atomic mass is 16.7. The van der Waals surface area contributed by atoms with Gasteiger partial charge >= 0.3 is 5.97 Å². The summed E-state index contributed by atoms with van der Waals surface area (Å²) in [6.07, 6.45) is 3.27. The van der Waals surface area contributed by atoms with Crippen molar-refractivity contribution < 1.29 is 28.6 Å². The number of ether oxygens (including phenoxy) is 3. The minimum Gasteiger partial charge on any atom is -0.458 e. The molecule has 0 atom stereocenters. The summed E-state index contributed by atoms with van der Waals surface area (Å²) in [6, 6.07) is 41.3. The number of esters is 1. The molecule has 0 fully saturated rings. The molecule has 0 saturated carbocycles. The smallest absolute Gasteiger partial charge is 0.343 e. The fourth-order valence-corrected chi connectivity index (χ4v) is 6.08. The summed E-state index contributed by atoms with van der Waals surface area (Å²) in [5, 5.41) is 0. The van der Waals surface area contributed by atoms with E-state index < -0.39 is 5.97 Å². The number of carbonyl (C=O) groups excluding carboxylic acids is 3. The summed E-state index contributed by atoms with van der Waals surface area (Å²) >= 11 is 0. The largest absolute Gasteiger partial charge is 0.458 e. The van der Waals surface area contributed by atoms with Crippen molar-refractivity contribution in [1.82, 2.24) is 0 Å². The lowest BCUT2D eigenvalue weighted by atomic mass is 10.0. The lowest BCUT2D eigenvalue weighted by molar-refractivity contribution is 0.0734. The summed E-state index contributed by atoms with van der Waals surface area (Å²) in [5.41, 5.74) is 9.89. The lowest BCUT2D eigenvalue weighted by Crippen LogP contribution is -2.08. The van der Waals surface area contributed by atoms with Gasteiger partial charge in [0.05, 0.1) is 5.56 Å². The van der Waals surface area contributed by atoms with E-state index in [1.165, 1.54) is 12.2 Å². The second-order valence-electron chi connectivity index (χ2n) is 12.0. The van der Waals surface area contributed by atoms with E-state index >= 15 is 0 Å². The van der Waals surface area contributed by atoms with Gasteiger partial charge < -0.3 is 14.2 Å². The van der Waals surface area contributed by atoms with Gasteiger partial charge in [0.1, 0.15) is 17.2 Å². The molecule has 6 aromatic carbocycles. The molecule has 0 heterocycles. The van der Waals surface area contributed by atoms with E-state index in [2.05, 4.69) is 13.2 Å². The highest BCUT2D eigenvalue weighted by Crippen LogP contribution is 2.39. The van der Waals surface area contributed by atoms with Crippen LogP contribution in [-0.4, -0.2) is 24.3 Å². The number of hydrogen-bond donors (Lipinski definition) is 0. The zero-order chi connectivity index (χ0) is 35.3. The zero-order valence-electron chi connectivity index (χ0n) is 27.6. The van der Waals surface area contributed by atoms with E-state index in [4.69, 9.17) is 14.2 Å². The maximum atomic E-state index is 13.1. The minimum absolute atomic E-state index is 0.0451. The van der Waals surface area contributed by atoms with E-state index in [0.29, 0.717) is 40.4 Å². The van der Waals surface area contributed by atoms with Gasteiger partial charge in [-0.3, -0.25) is 9.59 Å². The van der Waals surface area contributed by atoms with Crippen molar-refractivity contribution in [2.24, 2.45) is 0 Å². The van der Waals surface area contributed by atoms with Crippen LogP contribution >= 0.6 is 0 Å². The first-order valence-corrected chi connectivity index (χ1v) is 16.4. The number of benzene rings is 6. The molecule has 0 N–H and O–H groups in total. The molecule has 0 spiro atoms. The van der Waals surface area contributed by atoms with Gasteiger partial charge in [-0.1, -0.05) is 98.1 Å². The first kappa shape index (κ1) is 32.7. The number of allylic oxidation sites excluding steroid dienone is 2. The molecular weight excluding hydrogens is 636 g/mol. The Labute approximate surface area is 295 Å². The van der Waals surface area contributed by atoms with Gasteiger partial charge in [-0.2, -0.15) is 0 Å². The molecule has 6 nitrogen and oxygen atoms in total. The predicted octanol–water partition coefficient (Wildman–Crippen LogP) is 9.96. The van der Waals surface area contributed by atoms with Gasteiger partial charge in [0, 0.05) is 11.1 Å². The number of fused-ring (bicyclic) bond motifs is 3. The monoisotopic (exact) mass is 668 g/mol. The van der Waals surface area contributed by atoms with Gasteiger partial charge in [-0.15, -0.1) is 0 Å². The lowest BCUT2D eigenvalue weighted by Gasteiger charge is -2.11. The van der Waals surface area contributed by atoms with Gasteiger partial charge in [-0.05, 0) is 112 Å². The summed E-state index contributed by atoms with van der Waals surface area (Å²) in [7, 11) is 0. The standard InChI is InChI=1S/C45H32O6/c1-3-43(46)33-9-5-29(6-10-33)31-13-18-38(19-14-31)49-28-50-40-22-24-42-37(27-40)26-36-25-35(17-23-41(36)42)45(48)51-39-20-15-32(16-21-39)30-7-11-34(12-8-30)44(47)4-2/h3-25,27H,1-2,26,28H2. The molecule has 0 unspecified atom stereocenters. The molecule has 6 heteroatoms. The molecule has 51 heavy (non-hydrogen) atoms. The minimum atomic E-state index is -0.430. The summed E-state index contributed by atoms with van der Waals surface area (Å²) in [4.78, 5) is 36.7. The highest BCUT2D eigenvalue weighted by Gasteiger charge is 2.21. The molecule has 1 aliphatic carbocycles. The fraction of sp³-hybridized carbons (Fsp3) is 0.0444. The number of ketones is 2. The quantitative estimate of drug-likeness (QED) is 0.0424. The predicted molar refractivity (Wildman–Crippen MR) is 199 cm³/mol. The third-order valence-corrected chi connectivity index (χ3v) is 8.84. The van der Waals surface area contributed by atoms with Crippen LogP contribution in [0.25, 0.3) is 33.4 Å². The third-order valence-electron chi connectivity index (χ3n) is 8.84. The molecule has 0 radical (unpaired) electrons. The maximum absolute atomic E-state index is 13.1. The van der Waals surface area contributed by atoms with Crippen LogP contribution in [0.15, 0.2) is 159 Å². The molecule has 7 rings (SSSR count). The topological polar surface area (TPSA) is 78.9 Å². The van der Waals surface area contributed by atoms with Crippen molar-refractivity contribution in [2.45, 2.75) is 6.42 Å². The number of rotatable bonds is 12. The van der Waals surface area contributed by atoms with Crippen LogP contribution in [-0.2, 0) is 6.42 Å². The molecule has 0 saturated heterocycles.